The topological polar surface area (TPSA) is 12.0 Å². The highest BCUT2D eigenvalue weighted by molar-refractivity contribution is 9.11. The Morgan fingerprint density at radius 2 is 1.89 bits per heavy atom. The molecule has 0 aliphatic carbocycles. The second-order valence-electron chi connectivity index (χ2n) is 4.61. The normalized spacial score (nSPS) is 12.7. The quantitative estimate of drug-likeness (QED) is 0.702. The molecule has 1 unspecified atom stereocenters. The van der Waals surface area contributed by atoms with Crippen molar-refractivity contribution >= 4 is 43.2 Å². The van der Waals surface area contributed by atoms with E-state index < -0.39 is 0 Å². The van der Waals surface area contributed by atoms with Crippen molar-refractivity contribution in [3.8, 4) is 0 Å². The molecule has 0 saturated carbocycles. The second kappa shape index (κ2) is 6.53. The lowest BCUT2D eigenvalue weighted by molar-refractivity contribution is 0.629. The lowest BCUT2D eigenvalue weighted by Crippen LogP contribution is -2.22. The molecule has 2 aromatic rings. The summed E-state index contributed by atoms with van der Waals surface area (Å²) >= 11 is 8.97. The zero-order chi connectivity index (χ0) is 14.0. The van der Waals surface area contributed by atoms with Gasteiger partial charge in [-0.1, -0.05) is 28.9 Å². The van der Waals surface area contributed by atoms with Crippen molar-refractivity contribution in [3.05, 3.63) is 54.1 Å². The molecular formula is C15H17Br2NS. The van der Waals surface area contributed by atoms with Crippen LogP contribution in [0.25, 0.3) is 0 Å². The van der Waals surface area contributed by atoms with Crippen LogP contribution in [0.3, 0.4) is 0 Å². The van der Waals surface area contributed by atoms with Crippen LogP contribution in [-0.2, 0) is 0 Å². The molecule has 0 aliphatic rings. The van der Waals surface area contributed by atoms with E-state index in [2.05, 4.69) is 82.2 Å². The van der Waals surface area contributed by atoms with E-state index in [9.17, 15) is 0 Å². The second-order valence-corrected chi connectivity index (χ2v) is 8.17. The fourth-order valence-corrected chi connectivity index (χ4v) is 4.66. The molecule has 1 N–H and O–H groups in total. The average molecular weight is 403 g/mol. The van der Waals surface area contributed by atoms with Crippen LogP contribution in [0.4, 0.5) is 0 Å². The molecule has 19 heavy (non-hydrogen) atoms. The van der Waals surface area contributed by atoms with E-state index >= 15 is 0 Å². The first-order valence-electron chi connectivity index (χ1n) is 6.27. The summed E-state index contributed by atoms with van der Waals surface area (Å²) in [5, 5.41) is 3.59. The van der Waals surface area contributed by atoms with Crippen molar-refractivity contribution in [1.29, 1.82) is 0 Å². The van der Waals surface area contributed by atoms with E-state index in [1.807, 2.05) is 0 Å². The van der Waals surface area contributed by atoms with E-state index in [0.29, 0.717) is 0 Å². The van der Waals surface area contributed by atoms with Crippen molar-refractivity contribution in [2.45, 2.75) is 26.8 Å². The minimum absolute atomic E-state index is 0.253. The van der Waals surface area contributed by atoms with Crippen molar-refractivity contribution in [2.75, 3.05) is 6.54 Å². The summed E-state index contributed by atoms with van der Waals surface area (Å²) in [6.45, 7) is 7.41. The van der Waals surface area contributed by atoms with Gasteiger partial charge in [-0.3, -0.25) is 0 Å². The first-order valence-corrected chi connectivity index (χ1v) is 8.67. The molecule has 1 atom stereocenters. The fourth-order valence-electron chi connectivity index (χ4n) is 2.29. The number of nitrogens with one attached hydrogen (secondary N) is 1. The summed E-state index contributed by atoms with van der Waals surface area (Å²) in [4.78, 5) is 1.36. The lowest BCUT2D eigenvalue weighted by atomic mass is 9.98. The maximum Gasteiger partial charge on any atom is 0.0704 e. The third-order valence-corrected chi connectivity index (χ3v) is 5.07. The van der Waals surface area contributed by atoms with Gasteiger partial charge in [-0.25, -0.2) is 0 Å². The first-order chi connectivity index (χ1) is 9.01. The third-order valence-electron chi connectivity index (χ3n) is 3.04. The van der Waals surface area contributed by atoms with Gasteiger partial charge in [0.1, 0.15) is 0 Å². The third kappa shape index (κ3) is 3.69. The molecule has 1 aromatic carbocycles. The van der Waals surface area contributed by atoms with Gasteiger partial charge in [0.05, 0.1) is 9.83 Å². The van der Waals surface area contributed by atoms with Gasteiger partial charge in [-0.05, 0) is 71.2 Å². The van der Waals surface area contributed by atoms with Gasteiger partial charge < -0.3 is 5.32 Å². The number of thiophene rings is 1. The number of hydrogen-bond donors (Lipinski definition) is 1. The van der Waals surface area contributed by atoms with Crippen LogP contribution < -0.4 is 5.32 Å². The smallest absolute Gasteiger partial charge is 0.0704 e. The molecule has 0 saturated heterocycles. The van der Waals surface area contributed by atoms with Gasteiger partial charge in [0, 0.05) is 9.35 Å². The van der Waals surface area contributed by atoms with Crippen molar-refractivity contribution in [2.24, 2.45) is 0 Å². The number of hydrogen-bond acceptors (Lipinski definition) is 2. The molecule has 0 fully saturated rings. The van der Waals surface area contributed by atoms with E-state index in [1.165, 1.54) is 25.4 Å². The largest absolute Gasteiger partial charge is 0.306 e. The van der Waals surface area contributed by atoms with Crippen LogP contribution in [0.2, 0.25) is 0 Å². The van der Waals surface area contributed by atoms with Crippen molar-refractivity contribution in [3.63, 3.8) is 0 Å². The van der Waals surface area contributed by atoms with Gasteiger partial charge in [0.25, 0.3) is 0 Å². The van der Waals surface area contributed by atoms with E-state index in [1.54, 1.807) is 11.3 Å². The lowest BCUT2D eigenvalue weighted by Gasteiger charge is -2.19. The number of benzene rings is 1. The highest BCUT2D eigenvalue weighted by atomic mass is 79.9. The Morgan fingerprint density at radius 1 is 1.16 bits per heavy atom. The number of aryl methyl sites for hydroxylation is 2. The van der Waals surface area contributed by atoms with Crippen LogP contribution in [0.1, 0.15) is 34.5 Å². The average Bonchev–Trinajstić information content (AvgIpc) is 2.64. The molecule has 102 valence electrons. The first kappa shape index (κ1) is 15.2. The molecule has 4 heteroatoms. The SMILES string of the molecule is CCNC(c1cc(C)cc(Br)c1)c1cc(Br)sc1C. The minimum Gasteiger partial charge on any atom is -0.306 e. The maximum atomic E-state index is 3.59. The number of rotatable bonds is 4. The molecule has 1 nitrogen and oxygen atoms in total. The van der Waals surface area contributed by atoms with Gasteiger partial charge >= 0.3 is 0 Å². The van der Waals surface area contributed by atoms with Crippen molar-refractivity contribution < 1.29 is 0 Å². The maximum absolute atomic E-state index is 3.59. The molecule has 0 spiro atoms. The summed E-state index contributed by atoms with van der Waals surface area (Å²) in [6, 6.07) is 9.07. The molecule has 0 aliphatic heterocycles. The van der Waals surface area contributed by atoms with Crippen LogP contribution in [0.15, 0.2) is 32.5 Å². The molecular weight excluding hydrogens is 386 g/mol. The van der Waals surface area contributed by atoms with Gasteiger partial charge in [0.2, 0.25) is 0 Å². The Bertz CT molecular complexity index is 557. The molecule has 0 radical (unpaired) electrons. The molecule has 1 aromatic heterocycles. The van der Waals surface area contributed by atoms with E-state index in [0.717, 1.165) is 11.0 Å². The Balaban J connectivity index is 2.47. The zero-order valence-corrected chi connectivity index (χ0v) is 15.2. The zero-order valence-electron chi connectivity index (χ0n) is 11.3. The van der Waals surface area contributed by atoms with E-state index in [4.69, 9.17) is 0 Å². The Kier molecular flexibility index (Phi) is 5.23. The molecule has 2 rings (SSSR count). The van der Waals surface area contributed by atoms with Crippen LogP contribution in [0.5, 0.6) is 0 Å². The molecule has 1 heterocycles. The standard InChI is InChI=1S/C15H17Br2NS/c1-4-18-15(13-8-14(17)19-10(13)3)11-5-9(2)6-12(16)7-11/h5-8,15,18H,4H2,1-3H3. The molecule has 0 bridgehead atoms. The van der Waals surface area contributed by atoms with Gasteiger partial charge in [-0.15, -0.1) is 11.3 Å². The highest BCUT2D eigenvalue weighted by Gasteiger charge is 2.18. The monoisotopic (exact) mass is 401 g/mol. The Morgan fingerprint density at radius 3 is 2.42 bits per heavy atom. The van der Waals surface area contributed by atoms with Gasteiger partial charge in [-0.2, -0.15) is 0 Å². The van der Waals surface area contributed by atoms with E-state index in [-0.39, 0.29) is 6.04 Å². The van der Waals surface area contributed by atoms with Gasteiger partial charge in [0.15, 0.2) is 0 Å². The summed E-state index contributed by atoms with van der Waals surface area (Å²) in [7, 11) is 0. The minimum atomic E-state index is 0.253. The summed E-state index contributed by atoms with van der Waals surface area (Å²) < 4.78 is 2.33. The predicted octanol–water partition coefficient (Wildman–Crippen LogP) is 5.59. The Hall–Kier alpha value is -0.160. The van der Waals surface area contributed by atoms with Crippen LogP contribution in [0, 0.1) is 13.8 Å². The number of halogens is 2. The fraction of sp³-hybridized carbons (Fsp3) is 0.333. The van der Waals surface area contributed by atoms with Crippen LogP contribution in [-0.4, -0.2) is 6.54 Å². The Labute approximate surface area is 135 Å². The highest BCUT2D eigenvalue weighted by Crippen LogP contribution is 2.34. The van der Waals surface area contributed by atoms with Crippen molar-refractivity contribution in [1.82, 2.24) is 5.32 Å². The predicted molar refractivity (Wildman–Crippen MR) is 91.2 cm³/mol. The molecule has 0 amide bonds. The summed E-state index contributed by atoms with van der Waals surface area (Å²) in [6.07, 6.45) is 0. The summed E-state index contributed by atoms with van der Waals surface area (Å²) in [5.41, 5.74) is 3.94. The summed E-state index contributed by atoms with van der Waals surface area (Å²) in [5.74, 6) is 0. The van der Waals surface area contributed by atoms with Crippen LogP contribution >= 0.6 is 43.2 Å².